The van der Waals surface area contributed by atoms with Crippen molar-refractivity contribution in [3.05, 3.63) is 35.4 Å². The molecular weight excluding hydrogens is 483 g/mol. The molecule has 1 aromatic rings. The summed E-state index contributed by atoms with van der Waals surface area (Å²) >= 11 is 2.18. The third-order valence-electron chi connectivity index (χ3n) is 5.58. The van der Waals surface area contributed by atoms with Gasteiger partial charge in [-0.2, -0.15) is 11.8 Å². The summed E-state index contributed by atoms with van der Waals surface area (Å²) in [6.45, 7) is 2.88. The Morgan fingerprint density at radius 1 is 1.21 bits per heavy atom. The van der Waals surface area contributed by atoms with Crippen LogP contribution in [-0.2, 0) is 6.54 Å². The maximum absolute atomic E-state index is 12.0. The van der Waals surface area contributed by atoms with Gasteiger partial charge >= 0.3 is 0 Å². The van der Waals surface area contributed by atoms with Gasteiger partial charge < -0.3 is 15.1 Å². The molecule has 1 heterocycles. The van der Waals surface area contributed by atoms with Gasteiger partial charge in [0, 0.05) is 56.8 Å². The molecule has 1 N–H and O–H groups in total. The number of amides is 1. The topological polar surface area (TPSA) is 47.9 Å². The van der Waals surface area contributed by atoms with Gasteiger partial charge in [-0.05, 0) is 30.5 Å². The van der Waals surface area contributed by atoms with Crippen molar-refractivity contribution in [1.29, 1.82) is 0 Å². The van der Waals surface area contributed by atoms with Crippen LogP contribution in [0.25, 0.3) is 0 Å². The molecule has 5 nitrogen and oxygen atoms in total. The molecule has 1 aromatic carbocycles. The molecule has 3 rings (SSSR count). The summed E-state index contributed by atoms with van der Waals surface area (Å²) < 4.78 is 0.433. The van der Waals surface area contributed by atoms with Crippen LogP contribution in [0.1, 0.15) is 48.0 Å². The van der Waals surface area contributed by atoms with Crippen molar-refractivity contribution in [2.75, 3.05) is 40.0 Å². The van der Waals surface area contributed by atoms with Crippen LogP contribution in [0.5, 0.6) is 0 Å². The molecule has 2 fully saturated rings. The molecule has 1 spiro atoms. The number of rotatable bonds is 3. The Morgan fingerprint density at radius 3 is 2.50 bits per heavy atom. The maximum Gasteiger partial charge on any atom is 0.253 e. The van der Waals surface area contributed by atoms with Gasteiger partial charge in [0.15, 0.2) is 5.96 Å². The number of carbonyl (C=O) groups is 1. The lowest BCUT2D eigenvalue weighted by Crippen LogP contribution is -2.53. The molecule has 28 heavy (non-hydrogen) atoms. The Bertz CT molecular complexity index is 666. The highest BCUT2D eigenvalue weighted by Gasteiger charge is 2.38. The van der Waals surface area contributed by atoms with Crippen molar-refractivity contribution in [3.8, 4) is 0 Å². The zero-order valence-corrected chi connectivity index (χ0v) is 20.4. The third-order valence-corrected chi connectivity index (χ3v) is 7.12. The smallest absolute Gasteiger partial charge is 0.253 e. The normalized spacial score (nSPS) is 19.1. The lowest BCUT2D eigenvalue weighted by atomic mass is 9.87. The molecule has 0 bridgehead atoms. The van der Waals surface area contributed by atoms with E-state index in [2.05, 4.69) is 27.0 Å². The number of hydrogen-bond donors (Lipinski definition) is 1. The Hall–Kier alpha value is -0.960. The molecule has 0 aromatic heterocycles. The number of hydrogen-bond acceptors (Lipinski definition) is 3. The van der Waals surface area contributed by atoms with E-state index in [1.165, 1.54) is 37.9 Å². The van der Waals surface area contributed by atoms with Gasteiger partial charge in [-0.25, -0.2) is 0 Å². The van der Waals surface area contributed by atoms with Gasteiger partial charge in [0.25, 0.3) is 5.91 Å². The van der Waals surface area contributed by atoms with Crippen molar-refractivity contribution in [3.63, 3.8) is 0 Å². The Labute approximate surface area is 190 Å². The van der Waals surface area contributed by atoms with E-state index < -0.39 is 0 Å². The van der Waals surface area contributed by atoms with Crippen LogP contribution in [0.3, 0.4) is 0 Å². The minimum Gasteiger partial charge on any atom is -0.352 e. The summed E-state index contributed by atoms with van der Waals surface area (Å²) in [5.41, 5.74) is 1.88. The monoisotopic (exact) mass is 516 g/mol. The van der Waals surface area contributed by atoms with Gasteiger partial charge in [0.1, 0.15) is 0 Å². The number of aliphatic imine (C=N–C) groups is 1. The molecule has 0 unspecified atom stereocenters. The summed E-state index contributed by atoms with van der Waals surface area (Å²) in [4.78, 5) is 20.6. The molecular formula is C21H33IN4OS. The summed E-state index contributed by atoms with van der Waals surface area (Å²) in [6.07, 6.45) is 6.80. The van der Waals surface area contributed by atoms with E-state index in [1.807, 2.05) is 31.3 Å². The molecule has 1 saturated heterocycles. The van der Waals surface area contributed by atoms with Crippen molar-refractivity contribution in [2.24, 2.45) is 4.99 Å². The number of nitrogens with zero attached hydrogens (tertiary/aromatic N) is 3. The van der Waals surface area contributed by atoms with Crippen molar-refractivity contribution in [1.82, 2.24) is 15.1 Å². The van der Waals surface area contributed by atoms with E-state index in [1.54, 1.807) is 19.0 Å². The second kappa shape index (κ2) is 10.7. The van der Waals surface area contributed by atoms with Crippen molar-refractivity contribution >= 4 is 47.6 Å². The summed E-state index contributed by atoms with van der Waals surface area (Å²) in [7, 11) is 5.42. The van der Waals surface area contributed by atoms with Crippen molar-refractivity contribution < 1.29 is 4.79 Å². The summed E-state index contributed by atoms with van der Waals surface area (Å²) in [5, 5.41) is 3.52. The van der Waals surface area contributed by atoms with Gasteiger partial charge in [-0.15, -0.1) is 24.0 Å². The van der Waals surface area contributed by atoms with Crippen LogP contribution in [-0.4, -0.2) is 66.4 Å². The number of halogens is 1. The fraction of sp³-hybridized carbons (Fsp3) is 0.619. The quantitative estimate of drug-likeness (QED) is 0.377. The second-order valence-corrected chi connectivity index (χ2v) is 9.37. The Balaban J connectivity index is 0.00000280. The average molecular weight is 516 g/mol. The minimum absolute atomic E-state index is 0. The zero-order chi connectivity index (χ0) is 19.3. The fourth-order valence-electron chi connectivity index (χ4n) is 4.06. The number of thioether (sulfide) groups is 1. The lowest BCUT2D eigenvalue weighted by molar-refractivity contribution is 0.0827. The third kappa shape index (κ3) is 5.78. The minimum atomic E-state index is 0. The second-order valence-electron chi connectivity index (χ2n) is 7.81. The van der Waals surface area contributed by atoms with E-state index in [4.69, 9.17) is 0 Å². The van der Waals surface area contributed by atoms with Gasteiger partial charge in [-0.3, -0.25) is 9.79 Å². The maximum atomic E-state index is 12.0. The Kier molecular flexibility index (Phi) is 8.92. The number of guanidine groups is 1. The van der Waals surface area contributed by atoms with E-state index in [-0.39, 0.29) is 29.9 Å². The van der Waals surface area contributed by atoms with Gasteiger partial charge in [-0.1, -0.05) is 31.4 Å². The van der Waals surface area contributed by atoms with Crippen LogP contribution < -0.4 is 5.32 Å². The van der Waals surface area contributed by atoms with Gasteiger partial charge in [0.05, 0.1) is 0 Å². The SMILES string of the molecule is CN=C(NCc1ccc(C(=O)N(C)C)cc1)N1CCSC2(CCCCC2)C1.I. The highest BCUT2D eigenvalue weighted by Crippen LogP contribution is 2.42. The molecule has 1 amide bonds. The number of benzene rings is 1. The molecule has 0 atom stereocenters. The largest absolute Gasteiger partial charge is 0.352 e. The molecule has 1 saturated carbocycles. The molecule has 1 aliphatic heterocycles. The average Bonchev–Trinajstić information content (AvgIpc) is 2.69. The first kappa shape index (κ1) is 23.3. The molecule has 2 aliphatic rings. The van der Waals surface area contributed by atoms with Crippen LogP contribution >= 0.6 is 35.7 Å². The first-order valence-electron chi connectivity index (χ1n) is 9.93. The zero-order valence-electron chi connectivity index (χ0n) is 17.2. The van der Waals surface area contributed by atoms with Crippen LogP contribution in [0.2, 0.25) is 0 Å². The van der Waals surface area contributed by atoms with E-state index >= 15 is 0 Å². The lowest BCUT2D eigenvalue weighted by Gasteiger charge is -2.45. The van der Waals surface area contributed by atoms with Crippen molar-refractivity contribution in [2.45, 2.75) is 43.4 Å². The molecule has 7 heteroatoms. The standard InChI is InChI=1S/C21H32N4OS.HI/c1-22-20(25-13-14-27-21(16-25)11-5-4-6-12-21)23-15-17-7-9-18(10-8-17)19(26)24(2)3;/h7-10H,4-6,11-16H2,1-3H3,(H,22,23);1H. The number of nitrogens with one attached hydrogen (secondary N) is 1. The van der Waals surface area contributed by atoms with E-state index in [0.717, 1.165) is 36.7 Å². The predicted octanol–water partition coefficient (Wildman–Crippen LogP) is 3.83. The van der Waals surface area contributed by atoms with Gasteiger partial charge in [0.2, 0.25) is 0 Å². The van der Waals surface area contributed by atoms with E-state index in [9.17, 15) is 4.79 Å². The predicted molar refractivity (Wildman–Crippen MR) is 130 cm³/mol. The first-order chi connectivity index (χ1) is 13.0. The highest BCUT2D eigenvalue weighted by atomic mass is 127. The highest BCUT2D eigenvalue weighted by molar-refractivity contribution is 14.0. The molecule has 1 aliphatic carbocycles. The van der Waals surface area contributed by atoms with Crippen LogP contribution in [0, 0.1) is 0 Å². The fourth-order valence-corrected chi connectivity index (χ4v) is 5.63. The summed E-state index contributed by atoms with van der Waals surface area (Å²) in [5.74, 6) is 2.21. The summed E-state index contributed by atoms with van der Waals surface area (Å²) in [6, 6.07) is 7.84. The van der Waals surface area contributed by atoms with Crippen LogP contribution in [0.15, 0.2) is 29.3 Å². The first-order valence-corrected chi connectivity index (χ1v) is 10.9. The number of carbonyl (C=O) groups excluding carboxylic acids is 1. The van der Waals surface area contributed by atoms with E-state index in [0.29, 0.717) is 4.75 Å². The molecule has 156 valence electrons. The van der Waals surface area contributed by atoms with Crippen LogP contribution in [0.4, 0.5) is 0 Å². The Morgan fingerprint density at radius 2 is 1.89 bits per heavy atom. The molecule has 0 radical (unpaired) electrons.